The average molecular weight is 439 g/mol. The molecule has 8 heteroatoms. The molecule has 1 N–H and O–H groups in total. The van der Waals surface area contributed by atoms with Gasteiger partial charge in [0.2, 0.25) is 11.8 Å². The van der Waals surface area contributed by atoms with Crippen LogP contribution in [0, 0.1) is 12.8 Å². The zero-order valence-corrected chi connectivity index (χ0v) is 18.8. The summed E-state index contributed by atoms with van der Waals surface area (Å²) in [6, 6.07) is 9.65. The number of carbonyl (C=O) groups is 2. The number of aromatic nitrogens is 1. The van der Waals surface area contributed by atoms with Crippen molar-refractivity contribution in [2.45, 2.75) is 32.9 Å². The van der Waals surface area contributed by atoms with Gasteiger partial charge in [0.25, 0.3) is 0 Å². The first-order chi connectivity index (χ1) is 15.4. The molecule has 8 nitrogen and oxygen atoms in total. The minimum absolute atomic E-state index is 0.0696. The predicted octanol–water partition coefficient (Wildman–Crippen LogP) is 2.29. The number of carbonyl (C=O) groups excluding carboxylic acids is 2. The summed E-state index contributed by atoms with van der Waals surface area (Å²) in [6.45, 7) is 7.09. The van der Waals surface area contributed by atoms with Crippen molar-refractivity contribution in [1.82, 2.24) is 10.3 Å². The van der Waals surface area contributed by atoms with E-state index in [9.17, 15) is 9.59 Å². The molecule has 2 aliphatic rings. The standard InChI is InChI=1S/C24H30N4O4/c1-16-4-6-21(31-3)20(10-16)28-15-19(11-23(28)29)24(30)26-13-18-5-7-22(25-12-18)27-8-9-32-17(2)14-27/h4-7,10,12,17,19H,8-9,11,13-15H2,1-3H3,(H,26,30). The van der Waals surface area contributed by atoms with Crippen LogP contribution in [0.4, 0.5) is 11.5 Å². The minimum atomic E-state index is -0.394. The highest BCUT2D eigenvalue weighted by molar-refractivity contribution is 6.01. The van der Waals surface area contributed by atoms with E-state index in [1.807, 2.05) is 37.3 Å². The Kier molecular flexibility index (Phi) is 6.60. The van der Waals surface area contributed by atoms with Gasteiger partial charge in [-0.25, -0.2) is 4.98 Å². The second-order valence-electron chi connectivity index (χ2n) is 8.45. The van der Waals surface area contributed by atoms with Crippen LogP contribution < -0.4 is 19.9 Å². The Hall–Kier alpha value is -3.13. The minimum Gasteiger partial charge on any atom is -0.495 e. The lowest BCUT2D eigenvalue weighted by atomic mass is 10.1. The van der Waals surface area contributed by atoms with Crippen molar-refractivity contribution in [2.24, 2.45) is 5.92 Å². The van der Waals surface area contributed by atoms with E-state index in [0.29, 0.717) is 31.1 Å². The molecular weight excluding hydrogens is 408 g/mol. The van der Waals surface area contributed by atoms with E-state index in [-0.39, 0.29) is 24.3 Å². The van der Waals surface area contributed by atoms with Crippen molar-refractivity contribution in [2.75, 3.05) is 43.2 Å². The molecule has 0 aliphatic carbocycles. The van der Waals surface area contributed by atoms with Gasteiger partial charge in [0.05, 0.1) is 31.4 Å². The van der Waals surface area contributed by atoms with Crippen LogP contribution in [0.25, 0.3) is 0 Å². The Morgan fingerprint density at radius 2 is 2.12 bits per heavy atom. The maximum absolute atomic E-state index is 12.7. The molecule has 0 radical (unpaired) electrons. The van der Waals surface area contributed by atoms with Gasteiger partial charge in [0.1, 0.15) is 11.6 Å². The molecule has 1 aromatic carbocycles. The maximum Gasteiger partial charge on any atom is 0.227 e. The number of morpholine rings is 1. The van der Waals surface area contributed by atoms with Gasteiger partial charge in [-0.3, -0.25) is 9.59 Å². The van der Waals surface area contributed by atoms with E-state index in [1.54, 1.807) is 18.2 Å². The zero-order chi connectivity index (χ0) is 22.7. The molecule has 1 aromatic heterocycles. The zero-order valence-electron chi connectivity index (χ0n) is 18.8. The lowest BCUT2D eigenvalue weighted by Gasteiger charge is -2.32. The van der Waals surface area contributed by atoms with Crippen molar-refractivity contribution in [3.63, 3.8) is 0 Å². The van der Waals surface area contributed by atoms with E-state index in [4.69, 9.17) is 9.47 Å². The van der Waals surface area contributed by atoms with Crippen molar-refractivity contribution < 1.29 is 19.1 Å². The third-order valence-electron chi connectivity index (χ3n) is 5.96. The summed E-state index contributed by atoms with van der Waals surface area (Å²) in [5, 5.41) is 2.96. The van der Waals surface area contributed by atoms with Gasteiger partial charge in [0.15, 0.2) is 0 Å². The predicted molar refractivity (Wildman–Crippen MR) is 122 cm³/mol. The van der Waals surface area contributed by atoms with Crippen molar-refractivity contribution in [3.8, 4) is 5.75 Å². The number of hydrogen-bond acceptors (Lipinski definition) is 6. The van der Waals surface area contributed by atoms with Gasteiger partial charge in [-0.05, 0) is 43.2 Å². The maximum atomic E-state index is 12.7. The first kappa shape index (κ1) is 22.1. The molecule has 3 heterocycles. The molecule has 2 saturated heterocycles. The van der Waals surface area contributed by atoms with E-state index in [1.165, 1.54) is 0 Å². The summed E-state index contributed by atoms with van der Waals surface area (Å²) in [5.41, 5.74) is 2.67. The fourth-order valence-corrected chi connectivity index (χ4v) is 4.20. The molecule has 170 valence electrons. The largest absolute Gasteiger partial charge is 0.495 e. The van der Waals surface area contributed by atoms with Gasteiger partial charge >= 0.3 is 0 Å². The Morgan fingerprint density at radius 3 is 2.84 bits per heavy atom. The third-order valence-corrected chi connectivity index (χ3v) is 5.96. The number of pyridine rings is 1. The van der Waals surface area contributed by atoms with Gasteiger partial charge in [-0.2, -0.15) is 0 Å². The number of nitrogens with zero attached hydrogens (tertiary/aromatic N) is 3. The highest BCUT2D eigenvalue weighted by Crippen LogP contribution is 2.34. The second-order valence-corrected chi connectivity index (χ2v) is 8.45. The van der Waals surface area contributed by atoms with E-state index < -0.39 is 5.92 Å². The van der Waals surface area contributed by atoms with Crippen LogP contribution in [0.3, 0.4) is 0 Å². The molecule has 32 heavy (non-hydrogen) atoms. The van der Waals surface area contributed by atoms with Crippen LogP contribution in [0.1, 0.15) is 24.5 Å². The van der Waals surface area contributed by atoms with Crippen molar-refractivity contribution in [3.05, 3.63) is 47.7 Å². The van der Waals surface area contributed by atoms with E-state index in [2.05, 4.69) is 22.1 Å². The van der Waals surface area contributed by atoms with Crippen LogP contribution >= 0.6 is 0 Å². The molecule has 0 saturated carbocycles. The van der Waals surface area contributed by atoms with Crippen LogP contribution in [-0.4, -0.2) is 56.3 Å². The Labute approximate surface area is 188 Å². The molecule has 0 spiro atoms. The Balaban J connectivity index is 1.34. The number of nitrogens with one attached hydrogen (secondary N) is 1. The monoisotopic (exact) mass is 438 g/mol. The summed E-state index contributed by atoms with van der Waals surface area (Å²) in [7, 11) is 1.58. The smallest absolute Gasteiger partial charge is 0.227 e. The summed E-state index contributed by atoms with van der Waals surface area (Å²) in [5.74, 6) is 0.957. The number of ether oxygens (including phenoxy) is 2. The van der Waals surface area contributed by atoms with Gasteiger partial charge < -0.3 is 24.6 Å². The van der Waals surface area contributed by atoms with E-state index in [0.717, 1.165) is 30.0 Å². The number of rotatable bonds is 6. The van der Waals surface area contributed by atoms with Crippen molar-refractivity contribution in [1.29, 1.82) is 0 Å². The normalized spacial score (nSPS) is 21.0. The van der Waals surface area contributed by atoms with Gasteiger partial charge in [-0.1, -0.05) is 12.1 Å². The Bertz CT molecular complexity index is 978. The first-order valence-corrected chi connectivity index (χ1v) is 11.0. The van der Waals surface area contributed by atoms with Crippen LogP contribution in [0.15, 0.2) is 36.5 Å². The van der Waals surface area contributed by atoms with E-state index >= 15 is 0 Å². The topological polar surface area (TPSA) is 84.0 Å². The summed E-state index contributed by atoms with van der Waals surface area (Å²) in [4.78, 5) is 33.8. The number of amides is 2. The van der Waals surface area contributed by atoms with Crippen LogP contribution in [0.2, 0.25) is 0 Å². The summed E-state index contributed by atoms with van der Waals surface area (Å²) < 4.78 is 11.0. The number of aryl methyl sites for hydroxylation is 1. The third kappa shape index (κ3) is 4.85. The second kappa shape index (κ2) is 9.56. The highest BCUT2D eigenvalue weighted by atomic mass is 16.5. The lowest BCUT2D eigenvalue weighted by molar-refractivity contribution is -0.126. The highest BCUT2D eigenvalue weighted by Gasteiger charge is 2.36. The molecule has 2 aliphatic heterocycles. The molecule has 0 bridgehead atoms. The SMILES string of the molecule is COc1ccc(C)cc1N1CC(C(=O)NCc2ccc(N3CCOC(C)C3)nc2)CC1=O. The van der Waals surface area contributed by atoms with Crippen LogP contribution in [-0.2, 0) is 20.9 Å². The number of anilines is 2. The molecule has 2 amide bonds. The molecule has 2 unspecified atom stereocenters. The van der Waals surface area contributed by atoms with Gasteiger partial charge in [-0.15, -0.1) is 0 Å². The fraction of sp³-hybridized carbons (Fsp3) is 0.458. The quantitative estimate of drug-likeness (QED) is 0.745. The van der Waals surface area contributed by atoms with Gasteiger partial charge in [0, 0.05) is 38.8 Å². The summed E-state index contributed by atoms with van der Waals surface area (Å²) in [6.07, 6.45) is 2.17. The number of hydrogen-bond donors (Lipinski definition) is 1. The Morgan fingerprint density at radius 1 is 1.28 bits per heavy atom. The van der Waals surface area contributed by atoms with Crippen molar-refractivity contribution >= 4 is 23.3 Å². The number of benzene rings is 1. The molecule has 2 fully saturated rings. The first-order valence-electron chi connectivity index (χ1n) is 11.0. The molecular formula is C24H30N4O4. The molecule has 2 aromatic rings. The fourth-order valence-electron chi connectivity index (χ4n) is 4.20. The van der Waals surface area contributed by atoms with Crippen LogP contribution in [0.5, 0.6) is 5.75 Å². The molecule has 2 atom stereocenters. The molecule has 4 rings (SSSR count). The summed E-state index contributed by atoms with van der Waals surface area (Å²) >= 11 is 0. The lowest BCUT2D eigenvalue weighted by Crippen LogP contribution is -2.41. The average Bonchev–Trinajstić information content (AvgIpc) is 3.19. The number of methoxy groups -OCH3 is 1.